The summed E-state index contributed by atoms with van der Waals surface area (Å²) in [4.78, 5) is 28.3. The summed E-state index contributed by atoms with van der Waals surface area (Å²) < 4.78 is 0. The first kappa shape index (κ1) is 19.1. The average Bonchev–Trinajstić information content (AvgIpc) is 3.10. The maximum absolute atomic E-state index is 13.1. The highest BCUT2D eigenvalue weighted by Gasteiger charge is 2.29. The van der Waals surface area contributed by atoms with E-state index in [4.69, 9.17) is 5.73 Å². The highest BCUT2D eigenvalue weighted by molar-refractivity contribution is 5.95. The first-order valence-corrected chi connectivity index (χ1v) is 9.49. The summed E-state index contributed by atoms with van der Waals surface area (Å²) >= 11 is 0. The molecule has 3 rings (SSSR count). The van der Waals surface area contributed by atoms with Gasteiger partial charge >= 0.3 is 0 Å². The van der Waals surface area contributed by atoms with Crippen molar-refractivity contribution in [2.45, 2.75) is 32.2 Å². The van der Waals surface area contributed by atoms with Gasteiger partial charge in [0.1, 0.15) is 0 Å². The van der Waals surface area contributed by atoms with Crippen molar-refractivity contribution in [3.8, 4) is 0 Å². The number of rotatable bonds is 7. The molecular formula is C22H27N3O2. The Hall–Kier alpha value is -2.66. The number of amides is 2. The van der Waals surface area contributed by atoms with Gasteiger partial charge in [-0.2, -0.15) is 0 Å². The SMILES string of the molecule is Cc1cccc([C@H]2CCCN2CC(=O)N(CCC(N)=O)c2ccccc2)c1. The standard InChI is InChI=1S/C22H27N3O2/c1-17-7-5-8-18(15-17)20-11-6-13-24(20)16-22(27)25(14-12-21(23)26)19-9-3-2-4-10-19/h2-5,7-10,15,20H,6,11-14,16H2,1H3,(H2,23,26)/t20-/m1/s1. The summed E-state index contributed by atoms with van der Waals surface area (Å²) in [5.74, 6) is -0.399. The summed E-state index contributed by atoms with van der Waals surface area (Å²) in [6.45, 7) is 3.64. The fraction of sp³-hybridized carbons (Fsp3) is 0.364. The van der Waals surface area contributed by atoms with Crippen LogP contribution in [0, 0.1) is 6.92 Å². The topological polar surface area (TPSA) is 66.6 Å². The van der Waals surface area contributed by atoms with E-state index in [1.54, 1.807) is 4.90 Å². The van der Waals surface area contributed by atoms with Gasteiger partial charge in [-0.15, -0.1) is 0 Å². The molecule has 1 saturated heterocycles. The van der Waals surface area contributed by atoms with Crippen LogP contribution in [0.4, 0.5) is 5.69 Å². The van der Waals surface area contributed by atoms with Crippen molar-refractivity contribution in [2.24, 2.45) is 5.73 Å². The van der Waals surface area contributed by atoms with Crippen molar-refractivity contribution in [2.75, 3.05) is 24.5 Å². The molecule has 0 aliphatic carbocycles. The average molecular weight is 365 g/mol. The molecule has 1 heterocycles. The lowest BCUT2D eigenvalue weighted by molar-refractivity contribution is -0.120. The Balaban J connectivity index is 1.75. The Morgan fingerprint density at radius 2 is 1.93 bits per heavy atom. The molecule has 0 bridgehead atoms. The third kappa shape index (κ3) is 4.95. The van der Waals surface area contributed by atoms with E-state index >= 15 is 0 Å². The highest BCUT2D eigenvalue weighted by Crippen LogP contribution is 2.32. The van der Waals surface area contributed by atoms with E-state index in [1.165, 1.54) is 11.1 Å². The summed E-state index contributed by atoms with van der Waals surface area (Å²) in [7, 11) is 0. The van der Waals surface area contributed by atoms with Gasteiger partial charge in [0.25, 0.3) is 0 Å². The van der Waals surface area contributed by atoms with Crippen LogP contribution in [0.25, 0.3) is 0 Å². The molecular weight excluding hydrogens is 338 g/mol. The number of carbonyl (C=O) groups is 2. The zero-order valence-electron chi connectivity index (χ0n) is 15.8. The van der Waals surface area contributed by atoms with Crippen LogP contribution in [0.1, 0.15) is 36.4 Å². The van der Waals surface area contributed by atoms with E-state index in [0.717, 1.165) is 25.1 Å². The summed E-state index contributed by atoms with van der Waals surface area (Å²) in [5, 5.41) is 0. The van der Waals surface area contributed by atoms with Crippen LogP contribution in [0.3, 0.4) is 0 Å². The van der Waals surface area contributed by atoms with Gasteiger partial charge in [-0.3, -0.25) is 14.5 Å². The molecule has 1 aliphatic rings. The molecule has 5 heteroatoms. The monoisotopic (exact) mass is 365 g/mol. The van der Waals surface area contributed by atoms with Gasteiger partial charge in [0, 0.05) is 24.7 Å². The predicted octanol–water partition coefficient (Wildman–Crippen LogP) is 3.04. The zero-order valence-corrected chi connectivity index (χ0v) is 15.8. The van der Waals surface area contributed by atoms with Gasteiger partial charge in [-0.05, 0) is 44.0 Å². The van der Waals surface area contributed by atoms with Crippen LogP contribution in [0.15, 0.2) is 54.6 Å². The first-order chi connectivity index (χ1) is 13.0. The molecule has 2 aromatic rings. The molecule has 2 amide bonds. The van der Waals surface area contributed by atoms with Gasteiger partial charge < -0.3 is 10.6 Å². The van der Waals surface area contributed by atoms with Crippen molar-refractivity contribution in [3.63, 3.8) is 0 Å². The molecule has 0 radical (unpaired) electrons. The summed E-state index contributed by atoms with van der Waals surface area (Å²) in [6, 6.07) is 18.3. The Morgan fingerprint density at radius 3 is 2.63 bits per heavy atom. The molecule has 142 valence electrons. The Bertz CT molecular complexity index is 791. The maximum atomic E-state index is 13.1. The van der Waals surface area contributed by atoms with Crippen molar-refractivity contribution in [1.82, 2.24) is 4.90 Å². The quantitative estimate of drug-likeness (QED) is 0.820. The number of carbonyl (C=O) groups excluding carboxylic acids is 2. The second-order valence-corrected chi connectivity index (χ2v) is 7.14. The third-order valence-electron chi connectivity index (χ3n) is 5.08. The summed E-state index contributed by atoms with van der Waals surface area (Å²) in [6.07, 6.45) is 2.30. The molecule has 0 aromatic heterocycles. The number of benzene rings is 2. The lowest BCUT2D eigenvalue weighted by Gasteiger charge is -2.29. The number of hydrogen-bond donors (Lipinski definition) is 1. The van der Waals surface area contributed by atoms with Gasteiger partial charge in [0.05, 0.1) is 6.54 Å². The van der Waals surface area contributed by atoms with Crippen LogP contribution in [-0.2, 0) is 9.59 Å². The molecule has 5 nitrogen and oxygen atoms in total. The van der Waals surface area contributed by atoms with E-state index in [2.05, 4.69) is 36.1 Å². The number of primary amides is 1. The first-order valence-electron chi connectivity index (χ1n) is 9.49. The molecule has 0 spiro atoms. The zero-order chi connectivity index (χ0) is 19.2. The Morgan fingerprint density at radius 1 is 1.15 bits per heavy atom. The van der Waals surface area contributed by atoms with Crippen molar-refractivity contribution in [1.29, 1.82) is 0 Å². The molecule has 2 N–H and O–H groups in total. The van der Waals surface area contributed by atoms with Gasteiger partial charge in [-0.25, -0.2) is 0 Å². The van der Waals surface area contributed by atoms with Crippen LogP contribution in [-0.4, -0.2) is 36.3 Å². The highest BCUT2D eigenvalue weighted by atomic mass is 16.2. The molecule has 0 saturated carbocycles. The van der Waals surface area contributed by atoms with Crippen LogP contribution in [0.2, 0.25) is 0 Å². The van der Waals surface area contributed by atoms with Crippen molar-refractivity contribution < 1.29 is 9.59 Å². The van der Waals surface area contributed by atoms with Gasteiger partial charge in [0.2, 0.25) is 11.8 Å². The lowest BCUT2D eigenvalue weighted by Crippen LogP contribution is -2.41. The number of para-hydroxylation sites is 1. The van der Waals surface area contributed by atoms with Gasteiger partial charge in [-0.1, -0.05) is 48.0 Å². The smallest absolute Gasteiger partial charge is 0.241 e. The Kier molecular flexibility index (Phi) is 6.24. The third-order valence-corrected chi connectivity index (χ3v) is 5.08. The second-order valence-electron chi connectivity index (χ2n) is 7.14. The molecule has 0 unspecified atom stereocenters. The van der Waals surface area contributed by atoms with E-state index in [9.17, 15) is 9.59 Å². The number of aryl methyl sites for hydroxylation is 1. The molecule has 2 aromatic carbocycles. The van der Waals surface area contributed by atoms with E-state index < -0.39 is 5.91 Å². The number of hydrogen-bond acceptors (Lipinski definition) is 3. The molecule has 1 aliphatic heterocycles. The maximum Gasteiger partial charge on any atom is 0.241 e. The van der Waals surface area contributed by atoms with Gasteiger partial charge in [0.15, 0.2) is 0 Å². The van der Waals surface area contributed by atoms with Crippen LogP contribution < -0.4 is 10.6 Å². The summed E-state index contributed by atoms with van der Waals surface area (Å²) in [5.41, 5.74) is 8.61. The molecule has 1 atom stereocenters. The number of anilines is 1. The second kappa shape index (κ2) is 8.82. The van der Waals surface area contributed by atoms with E-state index in [1.807, 2.05) is 30.3 Å². The number of likely N-dealkylation sites (tertiary alicyclic amines) is 1. The Labute approximate surface area is 160 Å². The fourth-order valence-corrected chi connectivity index (χ4v) is 3.76. The van der Waals surface area contributed by atoms with Crippen molar-refractivity contribution in [3.05, 3.63) is 65.7 Å². The predicted molar refractivity (Wildman–Crippen MR) is 107 cm³/mol. The molecule has 1 fully saturated rings. The van der Waals surface area contributed by atoms with E-state index in [0.29, 0.717) is 13.1 Å². The number of nitrogens with two attached hydrogens (primary N) is 1. The van der Waals surface area contributed by atoms with Crippen LogP contribution in [0.5, 0.6) is 0 Å². The minimum absolute atomic E-state index is 0.00185. The normalized spacial score (nSPS) is 17.0. The largest absolute Gasteiger partial charge is 0.370 e. The molecule has 27 heavy (non-hydrogen) atoms. The minimum atomic E-state index is -0.400. The van der Waals surface area contributed by atoms with Crippen LogP contribution >= 0.6 is 0 Å². The minimum Gasteiger partial charge on any atom is -0.370 e. The fourth-order valence-electron chi connectivity index (χ4n) is 3.76. The lowest BCUT2D eigenvalue weighted by atomic mass is 10.0. The number of nitrogens with zero attached hydrogens (tertiary/aromatic N) is 2. The van der Waals surface area contributed by atoms with E-state index in [-0.39, 0.29) is 18.4 Å². The van der Waals surface area contributed by atoms with Crippen molar-refractivity contribution >= 4 is 17.5 Å².